The minimum atomic E-state index is -0.323. The molecule has 8 heteroatoms. The quantitative estimate of drug-likeness (QED) is 0.402. The number of carbonyl (C=O) groups is 1. The maximum atomic E-state index is 13.5. The molecular formula is C26H29N5O3. The summed E-state index contributed by atoms with van der Waals surface area (Å²) >= 11 is 0. The van der Waals surface area contributed by atoms with E-state index in [4.69, 9.17) is 10.5 Å². The van der Waals surface area contributed by atoms with Crippen molar-refractivity contribution in [2.45, 2.75) is 38.1 Å². The first-order valence-electron chi connectivity index (χ1n) is 11.8. The molecular weight excluding hydrogens is 430 g/mol. The topological polar surface area (TPSA) is 117 Å². The lowest BCUT2D eigenvalue weighted by Crippen LogP contribution is -2.43. The van der Waals surface area contributed by atoms with Crippen LogP contribution in [0.3, 0.4) is 0 Å². The molecule has 0 spiro atoms. The van der Waals surface area contributed by atoms with Crippen LogP contribution in [0.25, 0.3) is 33.3 Å². The van der Waals surface area contributed by atoms with E-state index >= 15 is 0 Å². The van der Waals surface area contributed by atoms with Crippen LogP contribution >= 0.6 is 0 Å². The Morgan fingerprint density at radius 1 is 1.12 bits per heavy atom. The Hall–Kier alpha value is -3.65. The van der Waals surface area contributed by atoms with Gasteiger partial charge in [-0.2, -0.15) is 0 Å². The van der Waals surface area contributed by atoms with Crippen LogP contribution in [-0.2, 0) is 4.74 Å². The third-order valence-electron chi connectivity index (χ3n) is 6.73. The van der Waals surface area contributed by atoms with Gasteiger partial charge in [-0.25, -0.2) is 4.98 Å². The Morgan fingerprint density at radius 2 is 1.91 bits per heavy atom. The molecule has 0 aliphatic heterocycles. The maximum Gasteiger partial charge on any atom is 0.276 e. The van der Waals surface area contributed by atoms with Crippen molar-refractivity contribution in [2.24, 2.45) is 0 Å². The summed E-state index contributed by atoms with van der Waals surface area (Å²) in [6, 6.07) is 13.0. The number of nitrogens with zero attached hydrogens (tertiary/aromatic N) is 2. The Bertz CT molecular complexity index is 1400. The van der Waals surface area contributed by atoms with E-state index in [2.05, 4.69) is 15.0 Å². The van der Waals surface area contributed by atoms with Crippen LogP contribution in [0.2, 0.25) is 0 Å². The number of carbonyl (C=O) groups excluding carboxylic acids is 1. The highest BCUT2D eigenvalue weighted by Gasteiger charge is 2.27. The summed E-state index contributed by atoms with van der Waals surface area (Å²) in [5.74, 6) is -0.0188. The number of benzene rings is 2. The standard InChI is InChI=1S/C26H29N5O3/c1-34-14-13-31(17-7-3-2-4-8-17)26(33)16-11-12-19-18(15-16)22(27)23(28-19)24-25(32)30-21-10-6-5-9-20(21)29-24/h5-6,9-12,15,17,28H,2-4,7-8,13-14,27H2,1H3,(H,30,32). The number of rotatable bonds is 6. The second-order valence-corrected chi connectivity index (χ2v) is 8.89. The van der Waals surface area contributed by atoms with Crippen LogP contribution in [-0.4, -0.2) is 52.1 Å². The number of hydrogen-bond acceptors (Lipinski definition) is 5. The zero-order valence-electron chi connectivity index (χ0n) is 19.3. The lowest BCUT2D eigenvalue weighted by molar-refractivity contribution is 0.0551. The summed E-state index contributed by atoms with van der Waals surface area (Å²) in [5, 5.41) is 0.700. The van der Waals surface area contributed by atoms with Gasteiger partial charge in [0.05, 0.1) is 29.0 Å². The first-order chi connectivity index (χ1) is 16.6. The largest absolute Gasteiger partial charge is 0.396 e. The molecule has 1 fully saturated rings. The van der Waals surface area contributed by atoms with Gasteiger partial charge in [-0.15, -0.1) is 0 Å². The van der Waals surface area contributed by atoms with Gasteiger partial charge in [0.1, 0.15) is 0 Å². The molecule has 0 atom stereocenters. The molecule has 176 valence electrons. The summed E-state index contributed by atoms with van der Waals surface area (Å²) in [6.07, 6.45) is 5.54. The number of ether oxygens (including phenoxy) is 1. The van der Waals surface area contributed by atoms with Gasteiger partial charge in [0.25, 0.3) is 11.5 Å². The molecule has 2 aromatic heterocycles. The van der Waals surface area contributed by atoms with Gasteiger partial charge >= 0.3 is 0 Å². The van der Waals surface area contributed by atoms with Gasteiger partial charge in [0.15, 0.2) is 5.69 Å². The van der Waals surface area contributed by atoms with E-state index in [1.54, 1.807) is 7.11 Å². The summed E-state index contributed by atoms with van der Waals surface area (Å²) in [6.45, 7) is 1.06. The van der Waals surface area contributed by atoms with E-state index < -0.39 is 0 Å². The number of aromatic nitrogens is 3. The number of nitrogens with two attached hydrogens (primary N) is 1. The van der Waals surface area contributed by atoms with Gasteiger partial charge in [-0.1, -0.05) is 31.4 Å². The smallest absolute Gasteiger partial charge is 0.276 e. The summed E-state index contributed by atoms with van der Waals surface area (Å²) in [7, 11) is 1.65. The second kappa shape index (κ2) is 9.30. The summed E-state index contributed by atoms with van der Waals surface area (Å²) in [5.41, 5.74) is 9.91. The number of hydrogen-bond donors (Lipinski definition) is 3. The average Bonchev–Trinajstić information content (AvgIpc) is 3.19. The zero-order chi connectivity index (χ0) is 23.7. The van der Waals surface area contributed by atoms with E-state index in [-0.39, 0.29) is 23.2 Å². The van der Waals surface area contributed by atoms with Crippen LogP contribution in [0.5, 0.6) is 0 Å². The molecule has 1 amide bonds. The number of H-pyrrole nitrogens is 2. The van der Waals surface area contributed by atoms with E-state index in [0.29, 0.717) is 46.5 Å². The van der Waals surface area contributed by atoms with Crippen molar-refractivity contribution in [3.63, 3.8) is 0 Å². The molecule has 0 radical (unpaired) electrons. The van der Waals surface area contributed by atoms with Gasteiger partial charge in [0.2, 0.25) is 0 Å². The average molecular weight is 460 g/mol. The Labute approximate surface area is 197 Å². The lowest BCUT2D eigenvalue weighted by atomic mass is 9.93. The molecule has 5 rings (SSSR count). The Morgan fingerprint density at radius 3 is 2.71 bits per heavy atom. The second-order valence-electron chi connectivity index (χ2n) is 8.89. The van der Waals surface area contributed by atoms with Crippen LogP contribution in [0.1, 0.15) is 42.5 Å². The number of methoxy groups -OCH3 is 1. The van der Waals surface area contributed by atoms with Crippen LogP contribution in [0.15, 0.2) is 47.3 Å². The van der Waals surface area contributed by atoms with Crippen molar-refractivity contribution in [3.8, 4) is 11.4 Å². The molecule has 34 heavy (non-hydrogen) atoms. The van der Waals surface area contributed by atoms with E-state index in [1.807, 2.05) is 47.4 Å². The Kier molecular flexibility index (Phi) is 6.06. The third kappa shape index (κ3) is 4.05. The molecule has 1 aliphatic rings. The number of fused-ring (bicyclic) bond motifs is 2. The molecule has 4 aromatic rings. The fraction of sp³-hybridized carbons (Fsp3) is 0.346. The monoisotopic (exact) mass is 459 g/mol. The number of amides is 1. The molecule has 4 N–H and O–H groups in total. The van der Waals surface area contributed by atoms with Crippen molar-refractivity contribution >= 4 is 33.5 Å². The third-order valence-corrected chi connectivity index (χ3v) is 6.73. The fourth-order valence-electron chi connectivity index (χ4n) is 4.93. The molecule has 0 unspecified atom stereocenters. The molecule has 1 aliphatic carbocycles. The van der Waals surface area contributed by atoms with E-state index in [9.17, 15) is 9.59 Å². The van der Waals surface area contributed by atoms with Gasteiger partial charge in [0, 0.05) is 36.2 Å². The summed E-state index contributed by atoms with van der Waals surface area (Å²) < 4.78 is 5.27. The van der Waals surface area contributed by atoms with E-state index in [1.165, 1.54) is 6.42 Å². The van der Waals surface area contributed by atoms with Crippen molar-refractivity contribution in [1.82, 2.24) is 19.9 Å². The maximum absolute atomic E-state index is 13.5. The van der Waals surface area contributed by atoms with Crippen molar-refractivity contribution < 1.29 is 9.53 Å². The van der Waals surface area contributed by atoms with Crippen molar-refractivity contribution in [1.29, 1.82) is 0 Å². The SMILES string of the molecule is COCCN(C(=O)c1ccc2[nH]c(-c3nc4ccccc4[nH]c3=O)c(N)c2c1)C1CCCCC1. The first kappa shape index (κ1) is 22.2. The predicted molar refractivity (Wildman–Crippen MR) is 134 cm³/mol. The van der Waals surface area contributed by atoms with Crippen LogP contribution in [0.4, 0.5) is 5.69 Å². The van der Waals surface area contributed by atoms with Crippen LogP contribution < -0.4 is 11.3 Å². The number of para-hydroxylation sites is 2. The highest BCUT2D eigenvalue weighted by atomic mass is 16.5. The van der Waals surface area contributed by atoms with Gasteiger partial charge in [-0.3, -0.25) is 9.59 Å². The Balaban J connectivity index is 1.53. The van der Waals surface area contributed by atoms with Crippen LogP contribution in [0, 0.1) is 0 Å². The molecule has 8 nitrogen and oxygen atoms in total. The zero-order valence-corrected chi connectivity index (χ0v) is 19.3. The fourth-order valence-corrected chi connectivity index (χ4v) is 4.93. The molecule has 2 heterocycles. The number of nitrogen functional groups attached to an aromatic ring is 1. The van der Waals surface area contributed by atoms with E-state index in [0.717, 1.165) is 31.2 Å². The van der Waals surface area contributed by atoms with Crippen molar-refractivity contribution in [3.05, 3.63) is 58.4 Å². The van der Waals surface area contributed by atoms with Crippen molar-refractivity contribution in [2.75, 3.05) is 26.0 Å². The minimum absolute atomic E-state index is 0.0188. The molecule has 2 aromatic carbocycles. The van der Waals surface area contributed by atoms with Gasteiger partial charge in [-0.05, 0) is 43.2 Å². The minimum Gasteiger partial charge on any atom is -0.396 e. The normalized spacial score (nSPS) is 14.6. The summed E-state index contributed by atoms with van der Waals surface area (Å²) in [4.78, 5) is 38.8. The molecule has 1 saturated carbocycles. The number of nitrogens with one attached hydrogen (secondary N) is 2. The first-order valence-corrected chi connectivity index (χ1v) is 11.8. The van der Waals surface area contributed by atoms with Gasteiger partial charge < -0.3 is 25.3 Å². The highest BCUT2D eigenvalue weighted by molar-refractivity contribution is 6.04. The number of aromatic amines is 2. The highest BCUT2D eigenvalue weighted by Crippen LogP contribution is 2.32. The predicted octanol–water partition coefficient (Wildman–Crippen LogP) is 4.07. The molecule has 0 bridgehead atoms. The molecule has 0 saturated heterocycles. The lowest BCUT2D eigenvalue weighted by Gasteiger charge is -2.34. The number of anilines is 1.